The topological polar surface area (TPSA) is 63.1 Å². The van der Waals surface area contributed by atoms with Gasteiger partial charge in [-0.25, -0.2) is 4.79 Å². The lowest BCUT2D eigenvalue weighted by atomic mass is 10.1. The minimum Gasteiger partial charge on any atom is -0.462 e. The number of piperazine rings is 1. The smallest absolute Gasteiger partial charge is 0.341 e. The number of nitrogens with one attached hydrogen (secondary N) is 2. The molecular weight excluding hydrogens is 422 g/mol. The number of amides is 1. The van der Waals surface area contributed by atoms with Crippen molar-refractivity contribution < 1.29 is 19.2 Å². The molecule has 4 rings (SSSR count). The Labute approximate surface area is 192 Å². The fourth-order valence-electron chi connectivity index (χ4n) is 3.88. The zero-order valence-electron chi connectivity index (χ0n) is 18.2. The van der Waals surface area contributed by atoms with Crippen molar-refractivity contribution >= 4 is 33.9 Å². The average Bonchev–Trinajstić information content (AvgIpc) is 3.24. The number of ether oxygens (including phenoxy) is 1. The van der Waals surface area contributed by atoms with Crippen LogP contribution in [-0.2, 0) is 9.53 Å². The molecule has 1 amide bonds. The highest BCUT2D eigenvalue weighted by atomic mass is 32.1. The third-order valence-electron chi connectivity index (χ3n) is 5.54. The minimum atomic E-state index is -0.412. The number of rotatable bonds is 7. The molecule has 0 saturated carbocycles. The van der Waals surface area contributed by atoms with Crippen molar-refractivity contribution in [1.29, 1.82) is 0 Å². The number of quaternary nitrogens is 1. The van der Waals surface area contributed by atoms with Crippen LogP contribution in [0.5, 0.6) is 0 Å². The molecule has 0 bridgehead atoms. The molecule has 0 spiro atoms. The number of hydrogen-bond acceptors (Lipinski definition) is 5. The summed E-state index contributed by atoms with van der Waals surface area (Å²) >= 11 is 1.40. The molecule has 0 unspecified atom stereocenters. The molecule has 0 atom stereocenters. The summed E-state index contributed by atoms with van der Waals surface area (Å²) in [6.07, 6.45) is 0. The van der Waals surface area contributed by atoms with Crippen molar-refractivity contribution in [3.8, 4) is 10.4 Å². The van der Waals surface area contributed by atoms with E-state index in [0.717, 1.165) is 36.6 Å². The number of thiophene rings is 1. The second-order valence-corrected chi connectivity index (χ2v) is 8.79. The van der Waals surface area contributed by atoms with Gasteiger partial charge in [0.25, 0.3) is 5.91 Å². The van der Waals surface area contributed by atoms with Gasteiger partial charge >= 0.3 is 5.97 Å². The van der Waals surface area contributed by atoms with Crippen LogP contribution in [0.25, 0.3) is 10.4 Å². The molecule has 1 aliphatic rings. The number of esters is 1. The maximum absolute atomic E-state index is 12.8. The van der Waals surface area contributed by atoms with Gasteiger partial charge in [0.2, 0.25) is 0 Å². The molecule has 1 saturated heterocycles. The van der Waals surface area contributed by atoms with Gasteiger partial charge in [0.15, 0.2) is 6.54 Å². The first-order valence-electron chi connectivity index (χ1n) is 10.9. The first kappa shape index (κ1) is 22.0. The first-order valence-corrected chi connectivity index (χ1v) is 11.8. The van der Waals surface area contributed by atoms with Crippen LogP contribution >= 0.6 is 11.3 Å². The lowest BCUT2D eigenvalue weighted by Crippen LogP contribution is -3.15. The van der Waals surface area contributed by atoms with E-state index in [1.54, 1.807) is 13.0 Å². The van der Waals surface area contributed by atoms with Gasteiger partial charge < -0.3 is 19.9 Å². The molecule has 32 heavy (non-hydrogen) atoms. The Balaban J connectivity index is 1.40. The van der Waals surface area contributed by atoms with Gasteiger partial charge in [0.05, 0.1) is 38.3 Å². The third kappa shape index (κ3) is 5.36. The van der Waals surface area contributed by atoms with Gasteiger partial charge in [-0.05, 0) is 30.7 Å². The molecule has 1 aromatic heterocycles. The van der Waals surface area contributed by atoms with E-state index < -0.39 is 5.97 Å². The van der Waals surface area contributed by atoms with Gasteiger partial charge in [0.1, 0.15) is 5.00 Å². The monoisotopic (exact) mass is 450 g/mol. The van der Waals surface area contributed by atoms with Crippen molar-refractivity contribution in [2.45, 2.75) is 6.92 Å². The van der Waals surface area contributed by atoms with Crippen molar-refractivity contribution in [3.05, 3.63) is 72.3 Å². The van der Waals surface area contributed by atoms with Gasteiger partial charge in [0, 0.05) is 10.6 Å². The van der Waals surface area contributed by atoms with Crippen molar-refractivity contribution in [3.63, 3.8) is 0 Å². The van der Waals surface area contributed by atoms with Crippen molar-refractivity contribution in [2.75, 3.05) is 49.5 Å². The molecule has 0 aliphatic carbocycles. The fourth-order valence-corrected chi connectivity index (χ4v) is 4.95. The summed E-state index contributed by atoms with van der Waals surface area (Å²) in [6, 6.07) is 22.0. The Hall–Kier alpha value is -3.16. The Morgan fingerprint density at radius 1 is 1.03 bits per heavy atom. The molecule has 0 radical (unpaired) electrons. The van der Waals surface area contributed by atoms with Crippen molar-refractivity contribution in [2.24, 2.45) is 0 Å². The molecule has 2 N–H and O–H groups in total. The van der Waals surface area contributed by atoms with Crippen LogP contribution in [0.1, 0.15) is 17.3 Å². The average molecular weight is 451 g/mol. The maximum Gasteiger partial charge on any atom is 0.341 e. The second kappa shape index (κ2) is 10.4. The molecule has 2 aromatic carbocycles. The normalized spacial score (nSPS) is 14.2. The lowest BCUT2D eigenvalue weighted by Gasteiger charge is -2.33. The van der Waals surface area contributed by atoms with E-state index in [4.69, 9.17) is 4.74 Å². The largest absolute Gasteiger partial charge is 0.462 e. The zero-order valence-corrected chi connectivity index (χ0v) is 19.0. The number of benzene rings is 2. The highest BCUT2D eigenvalue weighted by Crippen LogP contribution is 2.35. The molecule has 1 fully saturated rings. The van der Waals surface area contributed by atoms with Crippen LogP contribution in [-0.4, -0.2) is 51.2 Å². The standard InChI is InChI=1S/C25H27N3O3S/c1-2-31-25(30)21-17-22(19-9-5-3-6-10-19)32-24(21)26-23(29)18-27-13-15-28(16-14-27)20-11-7-4-8-12-20/h3-12,17H,2,13-16,18H2,1H3,(H,26,29)/p+1. The Morgan fingerprint density at radius 3 is 2.34 bits per heavy atom. The van der Waals surface area contributed by atoms with E-state index >= 15 is 0 Å². The van der Waals surface area contributed by atoms with Crippen LogP contribution in [0, 0.1) is 0 Å². The number of carbonyl (C=O) groups is 2. The number of para-hydroxylation sites is 1. The van der Waals surface area contributed by atoms with Crippen LogP contribution in [0.3, 0.4) is 0 Å². The summed E-state index contributed by atoms with van der Waals surface area (Å²) in [6.45, 7) is 6.07. The number of carbonyl (C=O) groups excluding carboxylic acids is 2. The predicted molar refractivity (Wildman–Crippen MR) is 129 cm³/mol. The summed E-state index contributed by atoms with van der Waals surface area (Å²) in [7, 11) is 0. The Morgan fingerprint density at radius 2 is 1.69 bits per heavy atom. The van der Waals surface area contributed by atoms with Crippen molar-refractivity contribution in [1.82, 2.24) is 0 Å². The zero-order chi connectivity index (χ0) is 22.3. The van der Waals surface area contributed by atoms with Crippen LogP contribution < -0.4 is 15.1 Å². The Kier molecular flexibility index (Phi) is 7.19. The molecule has 6 nitrogen and oxygen atoms in total. The highest BCUT2D eigenvalue weighted by Gasteiger charge is 2.24. The number of anilines is 2. The summed E-state index contributed by atoms with van der Waals surface area (Å²) < 4.78 is 5.21. The van der Waals surface area contributed by atoms with E-state index in [2.05, 4.69) is 22.3 Å². The quantitative estimate of drug-likeness (QED) is 0.544. The maximum atomic E-state index is 12.8. The molecule has 7 heteroatoms. The summed E-state index contributed by atoms with van der Waals surface area (Å²) in [5, 5.41) is 3.53. The van der Waals surface area contributed by atoms with Gasteiger partial charge in [-0.2, -0.15) is 0 Å². The third-order valence-corrected chi connectivity index (χ3v) is 6.64. The van der Waals surface area contributed by atoms with Crippen LogP contribution in [0.15, 0.2) is 66.7 Å². The SMILES string of the molecule is CCOC(=O)c1cc(-c2ccccc2)sc1NC(=O)C[NH+]1CCN(c2ccccc2)CC1. The van der Waals surface area contributed by atoms with E-state index in [1.165, 1.54) is 21.9 Å². The molecule has 2 heterocycles. The second-order valence-electron chi connectivity index (χ2n) is 7.74. The highest BCUT2D eigenvalue weighted by molar-refractivity contribution is 7.20. The molecule has 3 aromatic rings. The van der Waals surface area contributed by atoms with Crippen LogP contribution in [0.2, 0.25) is 0 Å². The predicted octanol–water partition coefficient (Wildman–Crippen LogP) is 2.94. The minimum absolute atomic E-state index is 0.0832. The lowest BCUT2D eigenvalue weighted by molar-refractivity contribution is -0.892. The van der Waals surface area contributed by atoms with E-state index in [-0.39, 0.29) is 5.91 Å². The first-order chi connectivity index (χ1) is 15.6. The van der Waals surface area contributed by atoms with Gasteiger partial charge in [-0.3, -0.25) is 4.79 Å². The van der Waals surface area contributed by atoms with E-state index in [0.29, 0.717) is 23.7 Å². The van der Waals surface area contributed by atoms with E-state index in [9.17, 15) is 9.59 Å². The number of hydrogen-bond donors (Lipinski definition) is 2. The van der Waals surface area contributed by atoms with Gasteiger partial charge in [-0.1, -0.05) is 48.5 Å². The van der Waals surface area contributed by atoms with E-state index in [1.807, 2.05) is 48.5 Å². The molecular formula is C25H28N3O3S+. The molecule has 166 valence electrons. The van der Waals surface area contributed by atoms with Crippen LogP contribution in [0.4, 0.5) is 10.7 Å². The Bertz CT molecular complexity index is 1040. The molecule has 1 aliphatic heterocycles. The summed E-state index contributed by atoms with van der Waals surface area (Å²) in [5.41, 5.74) is 2.64. The fraction of sp³-hybridized carbons (Fsp3) is 0.280. The summed E-state index contributed by atoms with van der Waals surface area (Å²) in [5.74, 6) is -0.495. The van der Waals surface area contributed by atoms with Gasteiger partial charge in [-0.15, -0.1) is 11.3 Å². The number of nitrogens with zero attached hydrogens (tertiary/aromatic N) is 1. The summed E-state index contributed by atoms with van der Waals surface area (Å²) in [4.78, 5) is 29.8.